The smallest absolute Gasteiger partial charge is 0.325 e. The Morgan fingerprint density at radius 1 is 1.16 bits per heavy atom. The highest BCUT2D eigenvalue weighted by Crippen LogP contribution is 2.19. The molecule has 0 saturated heterocycles. The lowest BCUT2D eigenvalue weighted by atomic mass is 10.0. The van der Waals surface area contributed by atoms with E-state index in [1.54, 1.807) is 6.20 Å². The van der Waals surface area contributed by atoms with Crippen LogP contribution in [0.2, 0.25) is 0 Å². The number of benzene rings is 1. The summed E-state index contributed by atoms with van der Waals surface area (Å²) in [6, 6.07) is 4.80. The first-order valence-corrected chi connectivity index (χ1v) is 7.93. The Balaban J connectivity index is 2.23. The second-order valence-corrected chi connectivity index (χ2v) is 5.98. The summed E-state index contributed by atoms with van der Waals surface area (Å²) >= 11 is 0. The van der Waals surface area contributed by atoms with Gasteiger partial charge < -0.3 is 26.5 Å². The summed E-state index contributed by atoms with van der Waals surface area (Å²) in [6.07, 6.45) is 1.98. The van der Waals surface area contributed by atoms with E-state index < -0.39 is 35.9 Å². The normalized spacial score (nSPS) is 14.5. The molecule has 0 spiro atoms. The highest BCUT2D eigenvalue weighted by Gasteiger charge is 2.26. The van der Waals surface area contributed by atoms with E-state index in [0.29, 0.717) is 0 Å². The fourth-order valence-corrected chi connectivity index (χ4v) is 2.41. The standard InChI is InChI=1S/C17H22N4O4/c1-9(18)15(22)21-14(16(23)20-10(2)17(24)25)7-11-8-19-13-6-4-3-5-12(11)13/h3-6,8-10,14,19H,7,18H2,1-2H3,(H,20,23)(H,21,22)(H,24,25). The summed E-state index contributed by atoms with van der Waals surface area (Å²) in [5.41, 5.74) is 7.30. The predicted molar refractivity (Wildman–Crippen MR) is 92.8 cm³/mol. The van der Waals surface area contributed by atoms with Gasteiger partial charge in [0.25, 0.3) is 0 Å². The molecule has 0 aliphatic rings. The summed E-state index contributed by atoms with van der Waals surface area (Å²) in [5.74, 6) is -2.21. The Morgan fingerprint density at radius 2 is 1.84 bits per heavy atom. The lowest BCUT2D eigenvalue weighted by Gasteiger charge is -2.21. The fourth-order valence-electron chi connectivity index (χ4n) is 2.41. The largest absolute Gasteiger partial charge is 0.480 e. The van der Waals surface area contributed by atoms with Crippen molar-refractivity contribution in [3.8, 4) is 0 Å². The zero-order valence-electron chi connectivity index (χ0n) is 14.1. The monoisotopic (exact) mass is 346 g/mol. The van der Waals surface area contributed by atoms with Crippen LogP contribution in [-0.2, 0) is 20.8 Å². The zero-order chi connectivity index (χ0) is 18.6. The van der Waals surface area contributed by atoms with Crippen LogP contribution in [0, 0.1) is 0 Å². The molecule has 0 aliphatic heterocycles. The van der Waals surface area contributed by atoms with Gasteiger partial charge in [-0.05, 0) is 25.5 Å². The second kappa shape index (κ2) is 7.80. The van der Waals surface area contributed by atoms with Crippen LogP contribution >= 0.6 is 0 Å². The van der Waals surface area contributed by atoms with Gasteiger partial charge in [0.1, 0.15) is 12.1 Å². The number of para-hydroxylation sites is 1. The molecule has 8 nitrogen and oxygen atoms in total. The number of carboxylic acid groups (broad SMARTS) is 1. The fraction of sp³-hybridized carbons (Fsp3) is 0.353. The number of nitrogens with two attached hydrogens (primary N) is 1. The number of nitrogens with one attached hydrogen (secondary N) is 3. The highest BCUT2D eigenvalue weighted by atomic mass is 16.4. The maximum atomic E-state index is 12.4. The minimum Gasteiger partial charge on any atom is -0.480 e. The van der Waals surface area contributed by atoms with Gasteiger partial charge in [0.2, 0.25) is 11.8 Å². The van der Waals surface area contributed by atoms with Crippen LogP contribution in [0.5, 0.6) is 0 Å². The Hall–Kier alpha value is -2.87. The van der Waals surface area contributed by atoms with E-state index in [-0.39, 0.29) is 6.42 Å². The van der Waals surface area contributed by atoms with Gasteiger partial charge in [-0.1, -0.05) is 18.2 Å². The summed E-state index contributed by atoms with van der Waals surface area (Å²) in [6.45, 7) is 2.87. The number of hydrogen-bond donors (Lipinski definition) is 5. The molecule has 3 atom stereocenters. The average molecular weight is 346 g/mol. The van der Waals surface area contributed by atoms with Gasteiger partial charge in [0.15, 0.2) is 0 Å². The SMILES string of the molecule is CC(N)C(=O)NC(Cc1c[nH]c2ccccc12)C(=O)NC(C)C(=O)O. The number of carboxylic acids is 1. The van der Waals surface area contributed by atoms with Crippen LogP contribution < -0.4 is 16.4 Å². The maximum Gasteiger partial charge on any atom is 0.325 e. The number of carbonyl (C=O) groups is 3. The van der Waals surface area contributed by atoms with Gasteiger partial charge in [-0.15, -0.1) is 0 Å². The third-order valence-electron chi connectivity index (χ3n) is 3.87. The molecule has 0 radical (unpaired) electrons. The minimum absolute atomic E-state index is 0.209. The van der Waals surface area contributed by atoms with Crippen LogP contribution in [-0.4, -0.2) is 46.0 Å². The average Bonchev–Trinajstić information content (AvgIpc) is 2.97. The van der Waals surface area contributed by atoms with Crippen molar-refractivity contribution >= 4 is 28.7 Å². The number of H-pyrrole nitrogens is 1. The molecule has 0 bridgehead atoms. The second-order valence-electron chi connectivity index (χ2n) is 5.98. The molecule has 2 aromatic rings. The van der Waals surface area contributed by atoms with Crippen LogP contribution in [0.4, 0.5) is 0 Å². The van der Waals surface area contributed by atoms with Gasteiger partial charge in [-0.3, -0.25) is 14.4 Å². The molecule has 8 heteroatoms. The molecule has 0 fully saturated rings. The van der Waals surface area contributed by atoms with Crippen molar-refractivity contribution in [1.29, 1.82) is 0 Å². The van der Waals surface area contributed by atoms with Gasteiger partial charge in [0.05, 0.1) is 6.04 Å². The molecule has 25 heavy (non-hydrogen) atoms. The van der Waals surface area contributed by atoms with Gasteiger partial charge in [0, 0.05) is 23.5 Å². The van der Waals surface area contributed by atoms with Crippen molar-refractivity contribution < 1.29 is 19.5 Å². The molecular weight excluding hydrogens is 324 g/mol. The van der Waals surface area contributed by atoms with Gasteiger partial charge in [-0.2, -0.15) is 0 Å². The molecule has 0 saturated carbocycles. The summed E-state index contributed by atoms with van der Waals surface area (Å²) in [7, 11) is 0. The van der Waals surface area contributed by atoms with Crippen LogP contribution in [0.3, 0.4) is 0 Å². The first kappa shape index (κ1) is 18.5. The maximum absolute atomic E-state index is 12.4. The molecule has 1 aromatic heterocycles. The van der Waals surface area contributed by atoms with Crippen molar-refractivity contribution in [2.24, 2.45) is 5.73 Å². The van der Waals surface area contributed by atoms with E-state index in [0.717, 1.165) is 16.5 Å². The van der Waals surface area contributed by atoms with E-state index in [1.807, 2.05) is 24.3 Å². The molecule has 2 amide bonds. The molecular formula is C17H22N4O4. The number of aromatic amines is 1. The summed E-state index contributed by atoms with van der Waals surface area (Å²) in [5, 5.41) is 14.8. The highest BCUT2D eigenvalue weighted by molar-refractivity contribution is 5.92. The first-order valence-electron chi connectivity index (χ1n) is 7.93. The predicted octanol–water partition coefficient (Wildman–Crippen LogP) is 0.132. The summed E-state index contributed by atoms with van der Waals surface area (Å²) < 4.78 is 0. The van der Waals surface area contributed by atoms with Gasteiger partial charge >= 0.3 is 5.97 Å². The Kier molecular flexibility index (Phi) is 5.76. The number of fused-ring (bicyclic) bond motifs is 1. The topological polar surface area (TPSA) is 137 Å². The van der Waals surface area contributed by atoms with E-state index in [9.17, 15) is 14.4 Å². The third-order valence-corrected chi connectivity index (χ3v) is 3.87. The van der Waals surface area contributed by atoms with Crippen LogP contribution in [0.1, 0.15) is 19.4 Å². The lowest BCUT2D eigenvalue weighted by molar-refractivity contribution is -0.141. The number of aliphatic carboxylic acids is 1. The number of aromatic nitrogens is 1. The number of hydrogen-bond acceptors (Lipinski definition) is 4. The van der Waals surface area contributed by atoms with E-state index in [4.69, 9.17) is 10.8 Å². The molecule has 1 heterocycles. The Bertz CT molecular complexity index is 784. The van der Waals surface area contributed by atoms with Crippen molar-refractivity contribution in [3.63, 3.8) is 0 Å². The zero-order valence-corrected chi connectivity index (χ0v) is 14.1. The van der Waals surface area contributed by atoms with Crippen molar-refractivity contribution in [3.05, 3.63) is 36.0 Å². The number of rotatable bonds is 7. The van der Waals surface area contributed by atoms with E-state index in [2.05, 4.69) is 15.6 Å². The molecule has 134 valence electrons. The molecule has 6 N–H and O–H groups in total. The van der Waals surface area contributed by atoms with Crippen molar-refractivity contribution in [2.45, 2.75) is 38.4 Å². The van der Waals surface area contributed by atoms with Crippen LogP contribution in [0.25, 0.3) is 10.9 Å². The van der Waals surface area contributed by atoms with E-state index >= 15 is 0 Å². The Labute approximate surface area is 144 Å². The molecule has 0 aliphatic carbocycles. The quantitative estimate of drug-likeness (QED) is 0.485. The third kappa shape index (κ3) is 4.57. The van der Waals surface area contributed by atoms with Crippen molar-refractivity contribution in [1.82, 2.24) is 15.6 Å². The minimum atomic E-state index is -1.15. The number of carbonyl (C=O) groups excluding carboxylic acids is 2. The Morgan fingerprint density at radius 3 is 2.48 bits per heavy atom. The first-order chi connectivity index (χ1) is 11.8. The lowest BCUT2D eigenvalue weighted by Crippen LogP contribution is -2.54. The van der Waals surface area contributed by atoms with Gasteiger partial charge in [-0.25, -0.2) is 0 Å². The molecule has 1 aromatic carbocycles. The summed E-state index contributed by atoms with van der Waals surface area (Å²) in [4.78, 5) is 38.4. The molecule has 2 rings (SSSR count). The van der Waals surface area contributed by atoms with E-state index in [1.165, 1.54) is 13.8 Å². The van der Waals surface area contributed by atoms with Crippen molar-refractivity contribution in [2.75, 3.05) is 0 Å². The van der Waals surface area contributed by atoms with Crippen LogP contribution in [0.15, 0.2) is 30.5 Å². The number of amides is 2. The molecule has 3 unspecified atom stereocenters.